The second-order valence-electron chi connectivity index (χ2n) is 1.74. The molecule has 10 heavy (non-hydrogen) atoms. The molecule has 1 aliphatic rings. The normalized spacial score (nSPS) is 33.0. The molecule has 1 heterocycles. The van der Waals surface area contributed by atoms with E-state index in [0.29, 0.717) is 0 Å². The lowest BCUT2D eigenvalue weighted by Gasteiger charge is -2.19. The number of alkyl halides is 5. The van der Waals surface area contributed by atoms with Crippen molar-refractivity contribution < 1.29 is 4.84 Å². The minimum absolute atomic E-state index is 0.631. The van der Waals surface area contributed by atoms with Crippen molar-refractivity contribution in [2.45, 2.75) is 12.7 Å². The Morgan fingerprint density at radius 3 is 1.80 bits per heavy atom. The molecule has 60 valence electrons. The Bertz CT molecular complexity index is 143. The van der Waals surface area contributed by atoms with E-state index in [4.69, 9.17) is 28.0 Å². The first kappa shape index (κ1) is 10.0. The smallest absolute Gasteiger partial charge is 0.226 e. The Hall–Kier alpha value is 1.94. The molecular weight excluding hydrogens is 377 g/mol. The SMILES string of the molecule is ClC(Cl)C1(C(Br)(Br)Br)NO1. The van der Waals surface area contributed by atoms with Gasteiger partial charge in [-0.2, -0.15) is 5.48 Å². The lowest BCUT2D eigenvalue weighted by Crippen LogP contribution is -2.37. The summed E-state index contributed by atoms with van der Waals surface area (Å²) in [5.74, 6) is 0. The zero-order valence-electron chi connectivity index (χ0n) is 4.38. The van der Waals surface area contributed by atoms with Crippen LogP contribution in [0.3, 0.4) is 0 Å². The van der Waals surface area contributed by atoms with Crippen molar-refractivity contribution >= 4 is 71.0 Å². The molecule has 2 nitrogen and oxygen atoms in total. The summed E-state index contributed by atoms with van der Waals surface area (Å²) in [7, 11) is 0. The Balaban J connectivity index is 2.70. The third-order valence-electron chi connectivity index (χ3n) is 1.05. The van der Waals surface area contributed by atoms with Gasteiger partial charge < -0.3 is 0 Å². The van der Waals surface area contributed by atoms with Gasteiger partial charge in [-0.05, 0) is 0 Å². The van der Waals surface area contributed by atoms with E-state index >= 15 is 0 Å². The number of rotatable bonds is 1. The zero-order chi connectivity index (χ0) is 7.99. The topological polar surface area (TPSA) is 34.5 Å². The second-order valence-corrected chi connectivity index (χ2v) is 9.60. The highest BCUT2D eigenvalue weighted by molar-refractivity contribution is 9.39. The fraction of sp³-hybridized carbons (Fsp3) is 1.00. The molecule has 1 fully saturated rings. The summed E-state index contributed by atoms with van der Waals surface area (Å²) in [5, 5.41) is 0. The van der Waals surface area contributed by atoms with Crippen molar-refractivity contribution in [2.24, 2.45) is 0 Å². The van der Waals surface area contributed by atoms with E-state index in [9.17, 15) is 0 Å². The molecule has 0 aromatic carbocycles. The second kappa shape index (κ2) is 3.01. The van der Waals surface area contributed by atoms with E-state index in [1.165, 1.54) is 0 Å². The van der Waals surface area contributed by atoms with Crippen LogP contribution < -0.4 is 5.48 Å². The van der Waals surface area contributed by atoms with Crippen molar-refractivity contribution in [3.8, 4) is 0 Å². The molecular formula is C3H2Br3Cl2NO. The molecule has 1 atom stereocenters. The largest absolute Gasteiger partial charge is 0.268 e. The van der Waals surface area contributed by atoms with Gasteiger partial charge >= 0.3 is 0 Å². The number of hydrogen-bond donors (Lipinski definition) is 1. The Morgan fingerprint density at radius 1 is 1.40 bits per heavy atom. The van der Waals surface area contributed by atoms with E-state index in [-0.39, 0.29) is 0 Å². The van der Waals surface area contributed by atoms with Gasteiger partial charge in [-0.1, -0.05) is 47.8 Å². The molecule has 0 aliphatic carbocycles. The van der Waals surface area contributed by atoms with E-state index in [1.54, 1.807) is 0 Å². The summed E-state index contributed by atoms with van der Waals surface area (Å²) < 4.78 is -0.631. The first-order valence-electron chi connectivity index (χ1n) is 2.20. The van der Waals surface area contributed by atoms with E-state index in [1.807, 2.05) is 0 Å². The van der Waals surface area contributed by atoms with Gasteiger partial charge in [0.1, 0.15) is 0 Å². The van der Waals surface area contributed by atoms with Crippen LogP contribution in [0.2, 0.25) is 0 Å². The van der Waals surface area contributed by atoms with E-state index in [2.05, 4.69) is 53.3 Å². The molecule has 1 aliphatic heterocycles. The van der Waals surface area contributed by atoms with Crippen LogP contribution in [0.5, 0.6) is 0 Å². The van der Waals surface area contributed by atoms with Crippen LogP contribution in [0.4, 0.5) is 0 Å². The molecule has 1 unspecified atom stereocenters. The molecule has 1 N–H and O–H groups in total. The van der Waals surface area contributed by atoms with Gasteiger partial charge in [-0.15, -0.1) is 23.2 Å². The average Bonchev–Trinajstić information content (AvgIpc) is 2.36. The summed E-state index contributed by atoms with van der Waals surface area (Å²) in [4.78, 5) is 4.21. The molecule has 0 spiro atoms. The third-order valence-corrected chi connectivity index (χ3v) is 3.43. The van der Waals surface area contributed by atoms with Gasteiger partial charge in [-0.3, -0.25) is 4.84 Å². The maximum Gasteiger partial charge on any atom is 0.226 e. The zero-order valence-corrected chi connectivity index (χ0v) is 10.6. The van der Waals surface area contributed by atoms with Crippen LogP contribution in [0, 0.1) is 0 Å². The van der Waals surface area contributed by atoms with Crippen LogP contribution in [0.15, 0.2) is 0 Å². The van der Waals surface area contributed by atoms with Crippen molar-refractivity contribution in [2.75, 3.05) is 0 Å². The summed E-state index contributed by atoms with van der Waals surface area (Å²) in [6.07, 6.45) is 0. The van der Waals surface area contributed by atoms with Gasteiger partial charge in [-0.25, -0.2) is 0 Å². The molecule has 0 amide bonds. The van der Waals surface area contributed by atoms with E-state index < -0.39 is 12.7 Å². The highest BCUT2D eigenvalue weighted by Crippen LogP contribution is 2.53. The Kier molecular flexibility index (Phi) is 3.02. The minimum Gasteiger partial charge on any atom is -0.268 e. The van der Waals surface area contributed by atoms with Crippen molar-refractivity contribution in [3.63, 3.8) is 0 Å². The number of halogens is 5. The quantitative estimate of drug-likeness (QED) is 0.562. The summed E-state index contributed by atoms with van der Waals surface area (Å²) in [5.41, 5.74) is 1.80. The molecule has 1 rings (SSSR count). The summed E-state index contributed by atoms with van der Waals surface area (Å²) >= 11 is 20.9. The van der Waals surface area contributed by atoms with Gasteiger partial charge in [0.05, 0.1) is 0 Å². The fourth-order valence-corrected chi connectivity index (χ4v) is 2.85. The highest BCUT2D eigenvalue weighted by Gasteiger charge is 2.64. The summed E-state index contributed by atoms with van der Waals surface area (Å²) in [6.45, 7) is 0. The van der Waals surface area contributed by atoms with Crippen molar-refractivity contribution in [3.05, 3.63) is 0 Å². The monoisotopic (exact) mass is 375 g/mol. The first-order chi connectivity index (χ1) is 4.40. The fourth-order valence-electron chi connectivity index (χ4n) is 0.384. The molecule has 7 heteroatoms. The van der Waals surface area contributed by atoms with Gasteiger partial charge in [0.15, 0.2) is 6.98 Å². The van der Waals surface area contributed by atoms with Crippen LogP contribution in [0.1, 0.15) is 0 Å². The summed E-state index contributed by atoms with van der Waals surface area (Å²) in [6, 6.07) is 0. The first-order valence-corrected chi connectivity index (χ1v) is 5.45. The average molecular weight is 379 g/mol. The number of nitrogens with one attached hydrogen (secondary N) is 1. The van der Waals surface area contributed by atoms with Gasteiger partial charge in [0.25, 0.3) is 0 Å². The standard InChI is InChI=1S/C3H2Br3Cl2NO/c4-3(5,6)2(1(7)8)9-10-2/h1,9H. The lowest BCUT2D eigenvalue weighted by atomic mass is 10.4. The van der Waals surface area contributed by atoms with Crippen LogP contribution >= 0.6 is 71.0 Å². The maximum atomic E-state index is 5.60. The van der Waals surface area contributed by atoms with Crippen molar-refractivity contribution in [1.29, 1.82) is 0 Å². The predicted octanol–water partition coefficient (Wildman–Crippen LogP) is 2.86. The van der Waals surface area contributed by atoms with Crippen molar-refractivity contribution in [1.82, 2.24) is 5.48 Å². The molecule has 0 aromatic heterocycles. The number of hydroxylamine groups is 1. The van der Waals surface area contributed by atoms with Crippen LogP contribution in [0.25, 0.3) is 0 Å². The molecule has 0 saturated carbocycles. The molecule has 0 aromatic rings. The molecule has 0 bridgehead atoms. The van der Waals surface area contributed by atoms with Gasteiger partial charge in [0, 0.05) is 0 Å². The Labute approximate surface area is 93.3 Å². The molecule has 0 radical (unpaired) electrons. The molecule has 1 saturated heterocycles. The van der Waals surface area contributed by atoms with Gasteiger partial charge in [0.2, 0.25) is 5.72 Å². The number of hydrogen-bond acceptors (Lipinski definition) is 2. The van der Waals surface area contributed by atoms with Crippen LogP contribution in [-0.2, 0) is 4.84 Å². The Morgan fingerprint density at radius 2 is 1.80 bits per heavy atom. The maximum absolute atomic E-state index is 5.60. The van der Waals surface area contributed by atoms with E-state index in [0.717, 1.165) is 0 Å². The van der Waals surface area contributed by atoms with Crippen LogP contribution in [-0.4, -0.2) is 12.7 Å². The lowest BCUT2D eigenvalue weighted by molar-refractivity contribution is 0.313. The minimum atomic E-state index is -0.782. The third kappa shape index (κ3) is 1.65. The predicted molar refractivity (Wildman–Crippen MR) is 52.0 cm³/mol. The highest BCUT2D eigenvalue weighted by atomic mass is 80.0.